The SMILES string of the molecule is CC(O)(CN)c1cc2ccccc2[nH]1. The number of nitrogens with two attached hydrogens (primary N) is 1. The largest absolute Gasteiger partial charge is 0.383 e. The second kappa shape index (κ2) is 3.12. The summed E-state index contributed by atoms with van der Waals surface area (Å²) in [6, 6.07) is 9.84. The van der Waals surface area contributed by atoms with Crippen LogP contribution in [0, 0.1) is 0 Å². The zero-order chi connectivity index (χ0) is 10.2. The van der Waals surface area contributed by atoms with Crippen LogP contribution in [0.1, 0.15) is 12.6 Å². The van der Waals surface area contributed by atoms with Gasteiger partial charge in [-0.1, -0.05) is 18.2 Å². The molecule has 1 unspecified atom stereocenters. The number of H-pyrrole nitrogens is 1. The number of aliphatic hydroxyl groups is 1. The third kappa shape index (κ3) is 1.41. The Morgan fingerprint density at radius 3 is 2.79 bits per heavy atom. The molecule has 0 aliphatic rings. The number of rotatable bonds is 2. The first-order valence-electron chi connectivity index (χ1n) is 4.64. The summed E-state index contributed by atoms with van der Waals surface area (Å²) in [5, 5.41) is 11.0. The van der Waals surface area contributed by atoms with Gasteiger partial charge in [-0.3, -0.25) is 0 Å². The molecule has 14 heavy (non-hydrogen) atoms. The molecule has 0 radical (unpaired) electrons. The lowest BCUT2D eigenvalue weighted by atomic mass is 10.0. The van der Waals surface area contributed by atoms with Gasteiger partial charge in [0.05, 0.1) is 0 Å². The molecule has 0 saturated heterocycles. The minimum absolute atomic E-state index is 0.208. The number of nitrogens with one attached hydrogen (secondary N) is 1. The van der Waals surface area contributed by atoms with Crippen LogP contribution in [0.15, 0.2) is 30.3 Å². The second-order valence-electron chi connectivity index (χ2n) is 3.75. The summed E-state index contributed by atoms with van der Waals surface area (Å²) in [5.41, 5.74) is 6.31. The summed E-state index contributed by atoms with van der Waals surface area (Å²) in [6.07, 6.45) is 0. The van der Waals surface area contributed by atoms with Gasteiger partial charge in [-0.25, -0.2) is 0 Å². The van der Waals surface area contributed by atoms with Crippen LogP contribution in [0.2, 0.25) is 0 Å². The predicted molar refractivity (Wildman–Crippen MR) is 56.9 cm³/mol. The number of aromatic amines is 1. The van der Waals surface area contributed by atoms with Gasteiger partial charge in [0.15, 0.2) is 0 Å². The van der Waals surface area contributed by atoms with E-state index in [2.05, 4.69) is 4.98 Å². The Hall–Kier alpha value is -1.32. The number of hydrogen-bond acceptors (Lipinski definition) is 2. The Bertz CT molecular complexity index is 412. The standard InChI is InChI=1S/C11H14N2O/c1-11(14,7-12)10-6-8-4-2-3-5-9(8)13-10/h2-6,13-14H,7,12H2,1H3. The van der Waals surface area contributed by atoms with Gasteiger partial charge in [-0.2, -0.15) is 0 Å². The van der Waals surface area contributed by atoms with Crippen molar-refractivity contribution in [2.24, 2.45) is 5.73 Å². The molecule has 0 bridgehead atoms. The molecule has 0 aliphatic carbocycles. The van der Waals surface area contributed by atoms with Gasteiger partial charge < -0.3 is 15.8 Å². The summed E-state index contributed by atoms with van der Waals surface area (Å²) in [4.78, 5) is 3.16. The van der Waals surface area contributed by atoms with E-state index in [1.807, 2.05) is 30.3 Å². The van der Waals surface area contributed by atoms with Crippen LogP contribution in [-0.4, -0.2) is 16.6 Å². The third-order valence-corrected chi connectivity index (χ3v) is 2.51. The van der Waals surface area contributed by atoms with E-state index < -0.39 is 5.60 Å². The minimum Gasteiger partial charge on any atom is -0.383 e. The average molecular weight is 190 g/mol. The van der Waals surface area contributed by atoms with E-state index in [1.165, 1.54) is 0 Å². The van der Waals surface area contributed by atoms with E-state index >= 15 is 0 Å². The van der Waals surface area contributed by atoms with Gasteiger partial charge in [-0.15, -0.1) is 0 Å². The van der Waals surface area contributed by atoms with Crippen LogP contribution in [0.25, 0.3) is 10.9 Å². The summed E-state index contributed by atoms with van der Waals surface area (Å²) in [5.74, 6) is 0. The van der Waals surface area contributed by atoms with Crippen molar-refractivity contribution in [3.05, 3.63) is 36.0 Å². The zero-order valence-electron chi connectivity index (χ0n) is 8.12. The zero-order valence-corrected chi connectivity index (χ0v) is 8.12. The minimum atomic E-state index is -0.973. The lowest BCUT2D eigenvalue weighted by Crippen LogP contribution is -2.31. The fourth-order valence-corrected chi connectivity index (χ4v) is 1.47. The first-order valence-corrected chi connectivity index (χ1v) is 4.64. The van der Waals surface area contributed by atoms with E-state index in [0.29, 0.717) is 0 Å². The van der Waals surface area contributed by atoms with Gasteiger partial charge in [0.2, 0.25) is 0 Å². The first-order chi connectivity index (χ1) is 6.63. The summed E-state index contributed by atoms with van der Waals surface area (Å²) < 4.78 is 0. The van der Waals surface area contributed by atoms with Crippen molar-refractivity contribution in [2.45, 2.75) is 12.5 Å². The highest BCUT2D eigenvalue weighted by Crippen LogP contribution is 2.23. The summed E-state index contributed by atoms with van der Waals surface area (Å²) >= 11 is 0. The first kappa shape index (κ1) is 9.24. The molecular formula is C11H14N2O. The molecule has 0 amide bonds. The maximum atomic E-state index is 9.94. The monoisotopic (exact) mass is 190 g/mol. The van der Waals surface area contributed by atoms with Crippen molar-refractivity contribution in [1.82, 2.24) is 4.98 Å². The van der Waals surface area contributed by atoms with Gasteiger partial charge >= 0.3 is 0 Å². The maximum Gasteiger partial charge on any atom is 0.114 e. The van der Waals surface area contributed by atoms with Crippen LogP contribution in [-0.2, 0) is 5.60 Å². The molecule has 2 rings (SSSR count). The van der Waals surface area contributed by atoms with Crippen LogP contribution < -0.4 is 5.73 Å². The highest BCUT2D eigenvalue weighted by Gasteiger charge is 2.22. The Morgan fingerprint density at radius 2 is 2.14 bits per heavy atom. The molecular weight excluding hydrogens is 176 g/mol. The van der Waals surface area contributed by atoms with Gasteiger partial charge in [0.25, 0.3) is 0 Å². The van der Waals surface area contributed by atoms with E-state index in [1.54, 1.807) is 6.92 Å². The van der Waals surface area contributed by atoms with Gasteiger partial charge in [0.1, 0.15) is 5.60 Å². The van der Waals surface area contributed by atoms with Crippen molar-refractivity contribution in [3.63, 3.8) is 0 Å². The number of hydrogen-bond donors (Lipinski definition) is 3. The number of para-hydroxylation sites is 1. The quantitative estimate of drug-likeness (QED) is 0.669. The van der Waals surface area contributed by atoms with E-state index in [9.17, 15) is 5.11 Å². The summed E-state index contributed by atoms with van der Waals surface area (Å²) in [6.45, 7) is 1.91. The molecule has 1 aromatic carbocycles. The molecule has 1 aromatic heterocycles. The lowest BCUT2D eigenvalue weighted by molar-refractivity contribution is 0.0630. The molecule has 0 spiro atoms. The molecule has 3 heteroatoms. The fraction of sp³-hybridized carbons (Fsp3) is 0.273. The van der Waals surface area contributed by atoms with Gasteiger partial charge in [-0.05, 0) is 24.4 Å². The third-order valence-electron chi connectivity index (χ3n) is 2.51. The molecule has 0 aliphatic heterocycles. The maximum absolute atomic E-state index is 9.94. The smallest absolute Gasteiger partial charge is 0.114 e. The Balaban J connectivity index is 2.55. The number of benzene rings is 1. The van der Waals surface area contributed by atoms with Crippen molar-refractivity contribution < 1.29 is 5.11 Å². The summed E-state index contributed by atoms with van der Waals surface area (Å²) in [7, 11) is 0. The molecule has 1 heterocycles. The highest BCUT2D eigenvalue weighted by atomic mass is 16.3. The van der Waals surface area contributed by atoms with Crippen LogP contribution >= 0.6 is 0 Å². The average Bonchev–Trinajstić information content (AvgIpc) is 2.61. The van der Waals surface area contributed by atoms with E-state index in [4.69, 9.17) is 5.73 Å². The van der Waals surface area contributed by atoms with Crippen molar-refractivity contribution in [3.8, 4) is 0 Å². The van der Waals surface area contributed by atoms with Crippen molar-refractivity contribution in [1.29, 1.82) is 0 Å². The molecule has 2 aromatic rings. The number of fused-ring (bicyclic) bond motifs is 1. The van der Waals surface area contributed by atoms with E-state index in [0.717, 1.165) is 16.6 Å². The van der Waals surface area contributed by atoms with Crippen LogP contribution in [0.5, 0.6) is 0 Å². The van der Waals surface area contributed by atoms with E-state index in [-0.39, 0.29) is 6.54 Å². The molecule has 3 nitrogen and oxygen atoms in total. The topological polar surface area (TPSA) is 62.0 Å². The molecule has 0 saturated carbocycles. The molecule has 1 atom stereocenters. The van der Waals surface area contributed by atoms with Crippen LogP contribution in [0.3, 0.4) is 0 Å². The Labute approximate surface area is 82.6 Å². The Kier molecular flexibility index (Phi) is 2.06. The van der Waals surface area contributed by atoms with Crippen molar-refractivity contribution >= 4 is 10.9 Å². The molecule has 4 N–H and O–H groups in total. The normalized spacial score (nSPS) is 15.6. The number of aromatic nitrogens is 1. The Morgan fingerprint density at radius 1 is 1.43 bits per heavy atom. The molecule has 74 valence electrons. The second-order valence-corrected chi connectivity index (χ2v) is 3.75. The van der Waals surface area contributed by atoms with Crippen LogP contribution in [0.4, 0.5) is 0 Å². The lowest BCUT2D eigenvalue weighted by Gasteiger charge is -2.18. The molecule has 0 fully saturated rings. The highest BCUT2D eigenvalue weighted by molar-refractivity contribution is 5.80. The van der Waals surface area contributed by atoms with Gasteiger partial charge in [0, 0.05) is 17.8 Å². The fourth-order valence-electron chi connectivity index (χ4n) is 1.47. The van der Waals surface area contributed by atoms with Crippen molar-refractivity contribution in [2.75, 3.05) is 6.54 Å². The predicted octanol–water partition coefficient (Wildman–Crippen LogP) is 1.33.